The van der Waals surface area contributed by atoms with Crippen LogP contribution in [-0.2, 0) is 15.5 Å². The van der Waals surface area contributed by atoms with Crippen molar-refractivity contribution in [2.45, 2.75) is 32.3 Å². The first kappa shape index (κ1) is 16.7. The van der Waals surface area contributed by atoms with Crippen LogP contribution >= 0.6 is 0 Å². The van der Waals surface area contributed by atoms with Gasteiger partial charge in [-0.25, -0.2) is 9.59 Å². The predicted octanol–water partition coefficient (Wildman–Crippen LogP) is 2.92. The largest absolute Gasteiger partial charge is 0.506 e. The number of carboxylic acid groups (broad SMARTS) is 1. The minimum Gasteiger partial charge on any atom is -0.506 e. The summed E-state index contributed by atoms with van der Waals surface area (Å²) >= 11 is 0. The highest BCUT2D eigenvalue weighted by molar-refractivity contribution is 5.87. The number of carboxylic acids is 1. The van der Waals surface area contributed by atoms with E-state index in [0.717, 1.165) is 12.1 Å². The average molecular weight is 303 g/mol. The maximum absolute atomic E-state index is 13.3. The molecule has 21 heavy (non-hydrogen) atoms. The van der Waals surface area contributed by atoms with Gasteiger partial charge in [0.25, 0.3) is 0 Å². The van der Waals surface area contributed by atoms with Gasteiger partial charge in [-0.1, -0.05) is 6.07 Å². The Kier molecular flexibility index (Phi) is 4.40. The highest BCUT2D eigenvalue weighted by Gasteiger charge is 2.41. The van der Waals surface area contributed by atoms with Crippen molar-refractivity contribution in [1.29, 1.82) is 0 Å². The number of phenols is 1. The molecular formula is C13H15F2NO5. The zero-order chi connectivity index (χ0) is 16.4. The van der Waals surface area contributed by atoms with Gasteiger partial charge in [0.15, 0.2) is 0 Å². The van der Waals surface area contributed by atoms with Gasteiger partial charge in [0.1, 0.15) is 11.4 Å². The highest BCUT2D eigenvalue weighted by Crippen LogP contribution is 2.34. The predicted molar refractivity (Wildman–Crippen MR) is 69.5 cm³/mol. The molecule has 1 aromatic carbocycles. The van der Waals surface area contributed by atoms with Crippen LogP contribution in [0.5, 0.6) is 5.75 Å². The van der Waals surface area contributed by atoms with Crippen molar-refractivity contribution in [3.63, 3.8) is 0 Å². The zero-order valence-electron chi connectivity index (χ0n) is 11.6. The second-order valence-electron chi connectivity index (χ2n) is 5.24. The molecule has 0 radical (unpaired) electrons. The molecule has 0 fully saturated rings. The Morgan fingerprint density at radius 1 is 1.24 bits per heavy atom. The third kappa shape index (κ3) is 4.30. The number of halogens is 2. The monoisotopic (exact) mass is 303 g/mol. The van der Waals surface area contributed by atoms with E-state index in [1.54, 1.807) is 20.8 Å². The number of anilines is 1. The number of alkyl halides is 2. The van der Waals surface area contributed by atoms with Crippen LogP contribution in [0, 0.1) is 0 Å². The smallest absolute Gasteiger partial charge is 0.412 e. The van der Waals surface area contributed by atoms with E-state index in [-0.39, 0.29) is 5.69 Å². The van der Waals surface area contributed by atoms with Crippen LogP contribution in [0.3, 0.4) is 0 Å². The van der Waals surface area contributed by atoms with Crippen molar-refractivity contribution < 1.29 is 33.3 Å². The topological polar surface area (TPSA) is 95.9 Å². The molecule has 0 atom stereocenters. The van der Waals surface area contributed by atoms with Crippen molar-refractivity contribution in [3.05, 3.63) is 23.8 Å². The van der Waals surface area contributed by atoms with Crippen LogP contribution in [0.2, 0.25) is 0 Å². The lowest BCUT2D eigenvalue weighted by Gasteiger charge is -2.20. The first-order valence-corrected chi connectivity index (χ1v) is 5.88. The minimum atomic E-state index is -4.14. The first-order chi connectivity index (χ1) is 9.43. The Morgan fingerprint density at radius 2 is 1.81 bits per heavy atom. The first-order valence-electron chi connectivity index (χ1n) is 5.88. The molecule has 0 heterocycles. The number of hydrogen-bond donors (Lipinski definition) is 3. The quantitative estimate of drug-likeness (QED) is 0.746. The Bertz CT molecular complexity index is 566. The second kappa shape index (κ2) is 5.55. The lowest BCUT2D eigenvalue weighted by molar-refractivity contribution is -0.166. The summed E-state index contributed by atoms with van der Waals surface area (Å²) in [5.74, 6) is -7.17. The molecule has 0 bridgehead atoms. The number of rotatable bonds is 3. The average Bonchev–Trinajstić information content (AvgIpc) is 2.28. The third-order valence-electron chi connectivity index (χ3n) is 2.26. The summed E-state index contributed by atoms with van der Waals surface area (Å²) in [4.78, 5) is 21.9. The Hall–Kier alpha value is -2.38. The number of aliphatic carboxylic acids is 1. The number of aromatic hydroxyl groups is 1. The van der Waals surface area contributed by atoms with Gasteiger partial charge >= 0.3 is 18.0 Å². The molecule has 0 unspecified atom stereocenters. The zero-order valence-corrected chi connectivity index (χ0v) is 11.6. The van der Waals surface area contributed by atoms with E-state index in [4.69, 9.17) is 9.84 Å². The number of benzene rings is 1. The third-order valence-corrected chi connectivity index (χ3v) is 2.26. The molecule has 116 valence electrons. The van der Waals surface area contributed by atoms with E-state index in [9.17, 15) is 23.5 Å². The number of ether oxygens (including phenoxy) is 1. The summed E-state index contributed by atoms with van der Waals surface area (Å²) < 4.78 is 31.4. The van der Waals surface area contributed by atoms with Gasteiger partial charge in [0.2, 0.25) is 0 Å². The number of hydrogen-bond acceptors (Lipinski definition) is 4. The normalized spacial score (nSPS) is 11.9. The van der Waals surface area contributed by atoms with Crippen LogP contribution in [0.15, 0.2) is 18.2 Å². The van der Waals surface area contributed by atoms with Crippen molar-refractivity contribution >= 4 is 17.7 Å². The van der Waals surface area contributed by atoms with Crippen LogP contribution < -0.4 is 5.32 Å². The van der Waals surface area contributed by atoms with Crippen molar-refractivity contribution in [2.75, 3.05) is 5.32 Å². The fraction of sp³-hybridized carbons (Fsp3) is 0.385. The van der Waals surface area contributed by atoms with Crippen LogP contribution in [0.1, 0.15) is 26.3 Å². The summed E-state index contributed by atoms with van der Waals surface area (Å²) in [7, 11) is 0. The van der Waals surface area contributed by atoms with Gasteiger partial charge < -0.3 is 14.9 Å². The molecule has 0 saturated carbocycles. The van der Waals surface area contributed by atoms with Crippen LogP contribution in [0.25, 0.3) is 0 Å². The lowest BCUT2D eigenvalue weighted by Crippen LogP contribution is -2.27. The maximum atomic E-state index is 13.3. The molecule has 8 heteroatoms. The Balaban J connectivity index is 2.94. The van der Waals surface area contributed by atoms with Gasteiger partial charge in [0.05, 0.1) is 5.69 Å². The molecule has 3 N–H and O–H groups in total. The highest BCUT2D eigenvalue weighted by atomic mass is 19.3. The van der Waals surface area contributed by atoms with Crippen molar-refractivity contribution in [2.24, 2.45) is 0 Å². The van der Waals surface area contributed by atoms with Crippen molar-refractivity contribution in [3.8, 4) is 5.75 Å². The SMILES string of the molecule is CC(C)(C)OC(=O)Nc1ccc(C(F)(F)C(=O)O)cc1O. The van der Waals surface area contributed by atoms with Gasteiger partial charge in [-0.15, -0.1) is 0 Å². The minimum absolute atomic E-state index is 0.172. The fourth-order valence-electron chi connectivity index (χ4n) is 1.37. The Morgan fingerprint density at radius 3 is 2.24 bits per heavy atom. The fourth-order valence-corrected chi connectivity index (χ4v) is 1.37. The van der Waals surface area contributed by atoms with Gasteiger partial charge in [-0.05, 0) is 32.9 Å². The summed E-state index contributed by atoms with van der Waals surface area (Å²) in [6.45, 7) is 4.88. The lowest BCUT2D eigenvalue weighted by atomic mass is 10.1. The maximum Gasteiger partial charge on any atom is 0.412 e. The molecule has 0 saturated heterocycles. The van der Waals surface area contributed by atoms with E-state index in [0.29, 0.717) is 6.07 Å². The van der Waals surface area contributed by atoms with E-state index in [1.165, 1.54) is 0 Å². The second-order valence-corrected chi connectivity index (χ2v) is 5.24. The van der Waals surface area contributed by atoms with E-state index in [1.807, 2.05) is 0 Å². The molecule has 0 aromatic heterocycles. The molecule has 0 aliphatic rings. The molecular weight excluding hydrogens is 288 g/mol. The molecule has 0 spiro atoms. The van der Waals surface area contributed by atoms with Gasteiger partial charge in [-0.2, -0.15) is 8.78 Å². The Labute approximate surface area is 119 Å². The van der Waals surface area contributed by atoms with Crippen molar-refractivity contribution in [1.82, 2.24) is 0 Å². The molecule has 6 nitrogen and oxygen atoms in total. The molecule has 0 aliphatic carbocycles. The summed E-state index contributed by atoms with van der Waals surface area (Å²) in [5, 5.41) is 20.2. The van der Waals surface area contributed by atoms with E-state index < -0.39 is 34.9 Å². The number of phenolic OH excluding ortho intramolecular Hbond substituents is 1. The standard InChI is InChI=1S/C13H15F2NO5/c1-12(2,3)21-11(20)16-8-5-4-7(6-9(8)17)13(14,15)10(18)19/h4-6,17H,1-3H3,(H,16,20)(H,18,19). The van der Waals surface area contributed by atoms with Gasteiger partial charge in [0, 0.05) is 5.56 Å². The molecule has 1 rings (SSSR count). The number of amides is 1. The van der Waals surface area contributed by atoms with Gasteiger partial charge in [-0.3, -0.25) is 5.32 Å². The van der Waals surface area contributed by atoms with E-state index >= 15 is 0 Å². The molecule has 0 aliphatic heterocycles. The summed E-state index contributed by atoms with van der Waals surface area (Å²) in [6.07, 6.45) is -0.879. The van der Waals surface area contributed by atoms with Crippen LogP contribution in [0.4, 0.5) is 19.3 Å². The van der Waals surface area contributed by atoms with E-state index in [2.05, 4.69) is 5.32 Å². The molecule has 1 amide bonds. The number of nitrogens with one attached hydrogen (secondary N) is 1. The summed E-state index contributed by atoms with van der Waals surface area (Å²) in [6, 6.07) is 2.33. The summed E-state index contributed by atoms with van der Waals surface area (Å²) in [5.41, 5.74) is -1.84. The molecule has 1 aromatic rings. The number of carbonyl (C=O) groups is 2. The van der Waals surface area contributed by atoms with Crippen LogP contribution in [-0.4, -0.2) is 27.9 Å². The number of carbonyl (C=O) groups excluding carboxylic acids is 1.